The highest BCUT2D eigenvalue weighted by atomic mass is 16.5. The van der Waals surface area contributed by atoms with Gasteiger partial charge >= 0.3 is 6.03 Å². The molecule has 1 heterocycles. The van der Waals surface area contributed by atoms with E-state index in [0.29, 0.717) is 5.92 Å². The van der Waals surface area contributed by atoms with E-state index in [1.54, 1.807) is 4.90 Å². The number of hydrogen-bond donors (Lipinski definition) is 1. The number of urea groups is 1. The lowest BCUT2D eigenvalue weighted by Crippen LogP contribution is -2.45. The summed E-state index contributed by atoms with van der Waals surface area (Å²) in [5.74, 6) is 0.608. The second-order valence-electron chi connectivity index (χ2n) is 5.71. The number of amides is 2. The average Bonchev–Trinajstić information content (AvgIpc) is 2.52. The molecule has 0 unspecified atom stereocenters. The minimum atomic E-state index is 0.0489. The van der Waals surface area contributed by atoms with Gasteiger partial charge in [-0.1, -0.05) is 12.2 Å². The number of morpholine rings is 1. The zero-order valence-corrected chi connectivity index (χ0v) is 12.5. The van der Waals surface area contributed by atoms with Crippen molar-refractivity contribution in [3.05, 3.63) is 12.2 Å². The first-order valence-electron chi connectivity index (χ1n) is 7.70. The van der Waals surface area contributed by atoms with Crippen LogP contribution >= 0.6 is 0 Å². The lowest BCUT2D eigenvalue weighted by Gasteiger charge is -2.29. The Morgan fingerprint density at radius 2 is 2.20 bits per heavy atom. The fraction of sp³-hybridized carbons (Fsp3) is 0.800. The Labute approximate surface area is 121 Å². The van der Waals surface area contributed by atoms with Crippen LogP contribution in [0.4, 0.5) is 4.79 Å². The van der Waals surface area contributed by atoms with Gasteiger partial charge in [-0.3, -0.25) is 4.90 Å². The molecule has 1 saturated heterocycles. The number of likely N-dealkylation sites (N-methyl/N-ethyl adjacent to an activating group) is 1. The van der Waals surface area contributed by atoms with Crippen molar-refractivity contribution >= 4 is 6.03 Å². The van der Waals surface area contributed by atoms with E-state index in [4.69, 9.17) is 4.74 Å². The number of carbonyl (C=O) groups excluding carboxylic acids is 1. The van der Waals surface area contributed by atoms with Crippen LogP contribution in [0.15, 0.2) is 12.2 Å². The molecule has 5 nitrogen and oxygen atoms in total. The summed E-state index contributed by atoms with van der Waals surface area (Å²) in [6, 6.07) is 0.0489. The Balaban J connectivity index is 1.59. The molecule has 0 bridgehead atoms. The molecule has 1 atom stereocenters. The quantitative estimate of drug-likeness (QED) is 0.773. The summed E-state index contributed by atoms with van der Waals surface area (Å²) >= 11 is 0. The zero-order chi connectivity index (χ0) is 14.2. The van der Waals surface area contributed by atoms with E-state index in [2.05, 4.69) is 22.4 Å². The first-order valence-corrected chi connectivity index (χ1v) is 7.70. The van der Waals surface area contributed by atoms with Gasteiger partial charge in [-0.15, -0.1) is 0 Å². The van der Waals surface area contributed by atoms with Gasteiger partial charge < -0.3 is 15.0 Å². The number of hydrogen-bond acceptors (Lipinski definition) is 3. The third-order valence-corrected chi connectivity index (χ3v) is 4.12. The minimum Gasteiger partial charge on any atom is -0.379 e. The molecular weight excluding hydrogens is 254 g/mol. The topological polar surface area (TPSA) is 44.8 Å². The maximum atomic E-state index is 12.0. The number of nitrogens with one attached hydrogen (secondary N) is 1. The van der Waals surface area contributed by atoms with Gasteiger partial charge in [-0.2, -0.15) is 0 Å². The monoisotopic (exact) mass is 281 g/mol. The van der Waals surface area contributed by atoms with Gasteiger partial charge in [0.2, 0.25) is 0 Å². The normalized spacial score (nSPS) is 23.6. The average molecular weight is 281 g/mol. The molecule has 0 saturated carbocycles. The molecule has 1 aliphatic carbocycles. The summed E-state index contributed by atoms with van der Waals surface area (Å²) in [4.78, 5) is 16.1. The van der Waals surface area contributed by atoms with Gasteiger partial charge in [0, 0.05) is 39.8 Å². The van der Waals surface area contributed by atoms with Gasteiger partial charge in [-0.05, 0) is 25.2 Å². The van der Waals surface area contributed by atoms with Crippen LogP contribution in [0.3, 0.4) is 0 Å². The van der Waals surface area contributed by atoms with Crippen molar-refractivity contribution in [1.29, 1.82) is 0 Å². The van der Waals surface area contributed by atoms with Crippen LogP contribution in [0.2, 0.25) is 0 Å². The lowest BCUT2D eigenvalue weighted by molar-refractivity contribution is 0.0357. The summed E-state index contributed by atoms with van der Waals surface area (Å²) in [5.41, 5.74) is 0. The predicted molar refractivity (Wildman–Crippen MR) is 79.8 cm³/mol. The van der Waals surface area contributed by atoms with Crippen molar-refractivity contribution in [2.45, 2.75) is 19.3 Å². The van der Waals surface area contributed by atoms with E-state index in [1.807, 2.05) is 7.05 Å². The smallest absolute Gasteiger partial charge is 0.317 e. The van der Waals surface area contributed by atoms with Crippen molar-refractivity contribution in [2.75, 3.05) is 53.0 Å². The predicted octanol–water partition coefficient (Wildman–Crippen LogP) is 1.32. The van der Waals surface area contributed by atoms with Crippen LogP contribution in [-0.2, 0) is 4.74 Å². The van der Waals surface area contributed by atoms with E-state index >= 15 is 0 Å². The fourth-order valence-corrected chi connectivity index (χ4v) is 2.63. The number of carbonyl (C=O) groups is 1. The van der Waals surface area contributed by atoms with Crippen LogP contribution in [0.5, 0.6) is 0 Å². The molecule has 0 aromatic rings. The molecule has 2 amide bonds. The Bertz CT molecular complexity index is 327. The molecule has 1 fully saturated rings. The standard InChI is InChI=1S/C15H27N3O2/c1-17(7-8-18-9-11-20-12-10-18)15(19)16-13-14-5-3-2-4-6-14/h2-3,14H,4-13H2,1H3,(H,16,19)/t14-/m0/s1. The molecule has 1 aliphatic heterocycles. The molecule has 2 rings (SSSR count). The van der Waals surface area contributed by atoms with Crippen molar-refractivity contribution < 1.29 is 9.53 Å². The highest BCUT2D eigenvalue weighted by Gasteiger charge is 2.15. The highest BCUT2D eigenvalue weighted by molar-refractivity contribution is 5.73. The molecule has 1 N–H and O–H groups in total. The third-order valence-electron chi connectivity index (χ3n) is 4.12. The van der Waals surface area contributed by atoms with E-state index in [1.165, 1.54) is 6.42 Å². The summed E-state index contributed by atoms with van der Waals surface area (Å²) in [5, 5.41) is 3.05. The Morgan fingerprint density at radius 3 is 2.90 bits per heavy atom. The first kappa shape index (κ1) is 15.3. The fourth-order valence-electron chi connectivity index (χ4n) is 2.63. The van der Waals surface area contributed by atoms with E-state index < -0.39 is 0 Å². The Hall–Kier alpha value is -1.07. The summed E-state index contributed by atoms with van der Waals surface area (Å²) in [6.07, 6.45) is 7.88. The zero-order valence-electron chi connectivity index (χ0n) is 12.5. The molecule has 0 aromatic heterocycles. The van der Waals surface area contributed by atoms with E-state index in [0.717, 1.165) is 58.8 Å². The van der Waals surface area contributed by atoms with Crippen molar-refractivity contribution in [3.8, 4) is 0 Å². The summed E-state index contributed by atoms with van der Waals surface area (Å²) in [7, 11) is 1.87. The van der Waals surface area contributed by atoms with Crippen LogP contribution < -0.4 is 5.32 Å². The molecule has 2 aliphatic rings. The third kappa shape index (κ3) is 5.13. The molecule has 0 aromatic carbocycles. The summed E-state index contributed by atoms with van der Waals surface area (Å²) < 4.78 is 5.32. The Kier molecular flexibility index (Phi) is 6.33. The maximum absolute atomic E-state index is 12.0. The second kappa shape index (κ2) is 8.27. The molecular formula is C15H27N3O2. The van der Waals surface area contributed by atoms with Crippen molar-refractivity contribution in [3.63, 3.8) is 0 Å². The SMILES string of the molecule is CN(CCN1CCOCC1)C(=O)NC[C@H]1CC=CCC1. The number of nitrogens with zero attached hydrogens (tertiary/aromatic N) is 2. The van der Waals surface area contributed by atoms with Gasteiger partial charge in [0.15, 0.2) is 0 Å². The minimum absolute atomic E-state index is 0.0489. The molecule has 20 heavy (non-hydrogen) atoms. The van der Waals surface area contributed by atoms with E-state index in [-0.39, 0.29) is 6.03 Å². The number of rotatable bonds is 5. The van der Waals surface area contributed by atoms with Crippen LogP contribution in [0.25, 0.3) is 0 Å². The van der Waals surface area contributed by atoms with Gasteiger partial charge in [0.1, 0.15) is 0 Å². The van der Waals surface area contributed by atoms with Crippen molar-refractivity contribution in [2.24, 2.45) is 5.92 Å². The number of allylic oxidation sites excluding steroid dienone is 2. The van der Waals surface area contributed by atoms with Gasteiger partial charge in [0.25, 0.3) is 0 Å². The Morgan fingerprint density at radius 1 is 1.40 bits per heavy atom. The van der Waals surface area contributed by atoms with Crippen molar-refractivity contribution in [1.82, 2.24) is 15.1 Å². The largest absolute Gasteiger partial charge is 0.379 e. The molecule has 5 heteroatoms. The number of ether oxygens (including phenoxy) is 1. The molecule has 0 radical (unpaired) electrons. The maximum Gasteiger partial charge on any atom is 0.317 e. The van der Waals surface area contributed by atoms with Crippen LogP contribution in [-0.4, -0.2) is 68.8 Å². The van der Waals surface area contributed by atoms with Gasteiger partial charge in [0.05, 0.1) is 13.2 Å². The second-order valence-corrected chi connectivity index (χ2v) is 5.71. The van der Waals surface area contributed by atoms with Gasteiger partial charge in [-0.25, -0.2) is 4.79 Å². The summed E-state index contributed by atoms with van der Waals surface area (Å²) in [6.45, 7) is 6.07. The first-order chi connectivity index (χ1) is 9.75. The van der Waals surface area contributed by atoms with Crippen LogP contribution in [0, 0.1) is 5.92 Å². The van der Waals surface area contributed by atoms with E-state index in [9.17, 15) is 4.79 Å². The highest BCUT2D eigenvalue weighted by Crippen LogP contribution is 2.16. The molecule has 0 spiro atoms. The molecule has 114 valence electrons. The van der Waals surface area contributed by atoms with Crippen LogP contribution in [0.1, 0.15) is 19.3 Å². The lowest BCUT2D eigenvalue weighted by atomic mass is 9.94.